The first-order valence-electron chi connectivity index (χ1n) is 8.54. The third-order valence-corrected chi connectivity index (χ3v) is 3.86. The molecule has 0 aliphatic rings. The topological polar surface area (TPSA) is 88.8 Å². The summed E-state index contributed by atoms with van der Waals surface area (Å²) in [5.74, 6) is 2.43. The maximum Gasteiger partial charge on any atom is 0.231 e. The van der Waals surface area contributed by atoms with E-state index in [-0.39, 0.29) is 0 Å². The summed E-state index contributed by atoms with van der Waals surface area (Å²) in [6.07, 6.45) is 3.58. The molecule has 0 fully saturated rings. The maximum atomic E-state index is 5.10. The van der Waals surface area contributed by atoms with Gasteiger partial charge in [0, 0.05) is 36.6 Å². The van der Waals surface area contributed by atoms with Gasteiger partial charge in [-0.25, -0.2) is 4.98 Å². The predicted molar refractivity (Wildman–Crippen MR) is 104 cm³/mol. The van der Waals surface area contributed by atoms with Crippen molar-refractivity contribution in [3.63, 3.8) is 0 Å². The van der Waals surface area contributed by atoms with E-state index in [2.05, 4.69) is 30.7 Å². The molecule has 0 amide bonds. The lowest BCUT2D eigenvalue weighted by Crippen LogP contribution is -2.06. The van der Waals surface area contributed by atoms with Crippen molar-refractivity contribution in [1.29, 1.82) is 0 Å². The Labute approximate surface area is 156 Å². The number of anilines is 3. The number of hydrogen-bond donors (Lipinski definition) is 2. The van der Waals surface area contributed by atoms with Crippen molar-refractivity contribution in [2.45, 2.75) is 13.5 Å². The Morgan fingerprint density at radius 1 is 0.963 bits per heavy atom. The number of nitrogens with zero attached hydrogens (tertiary/aromatic N) is 4. The second kappa shape index (κ2) is 7.65. The van der Waals surface area contributed by atoms with Crippen molar-refractivity contribution in [1.82, 2.24) is 20.1 Å². The Kier molecular flexibility index (Phi) is 4.74. The van der Waals surface area contributed by atoms with Crippen LogP contribution in [0.5, 0.6) is 0 Å². The molecule has 134 valence electrons. The average Bonchev–Trinajstić information content (AvgIpc) is 3.12. The molecule has 3 aromatic heterocycles. The predicted octanol–water partition coefficient (Wildman–Crippen LogP) is 4.19. The van der Waals surface area contributed by atoms with Crippen LogP contribution in [0.1, 0.15) is 11.3 Å². The van der Waals surface area contributed by atoms with Crippen LogP contribution < -0.4 is 10.6 Å². The van der Waals surface area contributed by atoms with Crippen LogP contribution in [0, 0.1) is 6.92 Å². The molecular formula is C20H18N6O. The molecule has 4 aromatic rings. The number of hydrogen-bond acceptors (Lipinski definition) is 7. The zero-order valence-corrected chi connectivity index (χ0v) is 14.8. The first-order valence-corrected chi connectivity index (χ1v) is 8.54. The van der Waals surface area contributed by atoms with Crippen LogP contribution in [0.3, 0.4) is 0 Å². The monoisotopic (exact) mass is 358 g/mol. The summed E-state index contributed by atoms with van der Waals surface area (Å²) in [6.45, 7) is 2.45. The minimum atomic E-state index is 0.443. The molecule has 0 aliphatic carbocycles. The van der Waals surface area contributed by atoms with E-state index in [0.717, 1.165) is 16.8 Å². The molecule has 27 heavy (non-hydrogen) atoms. The van der Waals surface area contributed by atoms with E-state index in [1.54, 1.807) is 12.3 Å². The summed E-state index contributed by atoms with van der Waals surface area (Å²) >= 11 is 0. The third kappa shape index (κ3) is 4.27. The van der Waals surface area contributed by atoms with Gasteiger partial charge >= 0.3 is 0 Å². The van der Waals surface area contributed by atoms with Gasteiger partial charge < -0.3 is 15.2 Å². The molecule has 0 aliphatic heterocycles. The molecule has 0 unspecified atom stereocenters. The van der Waals surface area contributed by atoms with Gasteiger partial charge in [-0.05, 0) is 18.6 Å². The van der Waals surface area contributed by atoms with Crippen molar-refractivity contribution in [2.24, 2.45) is 0 Å². The molecule has 1 aromatic carbocycles. The Morgan fingerprint density at radius 2 is 1.85 bits per heavy atom. The number of aryl methyl sites for hydroxylation is 1. The number of pyridine rings is 1. The standard InChI is InChI=1S/C20H18N6O/c1-14-10-19(26-27-14)25-20-23-17(16-7-3-2-4-8-16)11-18(24-20)22-13-15-6-5-9-21-12-15/h2-12H,13H2,1H3,(H2,22,23,24,25,26). The molecule has 7 heteroatoms. The molecule has 4 rings (SSSR count). The van der Waals surface area contributed by atoms with Gasteiger partial charge in [0.05, 0.1) is 5.69 Å². The van der Waals surface area contributed by atoms with Crippen LogP contribution in [-0.2, 0) is 6.54 Å². The minimum Gasteiger partial charge on any atom is -0.366 e. The largest absolute Gasteiger partial charge is 0.366 e. The normalized spacial score (nSPS) is 10.6. The summed E-state index contributed by atoms with van der Waals surface area (Å²) in [5, 5.41) is 10.4. The Morgan fingerprint density at radius 3 is 2.59 bits per heavy atom. The van der Waals surface area contributed by atoms with Gasteiger partial charge in [-0.15, -0.1) is 0 Å². The highest BCUT2D eigenvalue weighted by Crippen LogP contribution is 2.23. The number of rotatable bonds is 6. The van der Waals surface area contributed by atoms with E-state index in [1.165, 1.54) is 0 Å². The van der Waals surface area contributed by atoms with Crippen LogP contribution in [0.4, 0.5) is 17.6 Å². The van der Waals surface area contributed by atoms with E-state index in [0.29, 0.717) is 29.9 Å². The highest BCUT2D eigenvalue weighted by molar-refractivity contribution is 5.65. The third-order valence-electron chi connectivity index (χ3n) is 3.86. The molecular weight excluding hydrogens is 340 g/mol. The Balaban J connectivity index is 1.63. The first-order chi connectivity index (χ1) is 13.3. The van der Waals surface area contributed by atoms with Gasteiger partial charge in [0.2, 0.25) is 5.95 Å². The molecule has 0 saturated heterocycles. The maximum absolute atomic E-state index is 5.10. The summed E-state index contributed by atoms with van der Waals surface area (Å²) in [6, 6.07) is 17.6. The molecule has 0 saturated carbocycles. The molecule has 2 N–H and O–H groups in total. The quantitative estimate of drug-likeness (QED) is 0.534. The highest BCUT2D eigenvalue weighted by atomic mass is 16.5. The van der Waals surface area contributed by atoms with Gasteiger partial charge in [0.25, 0.3) is 0 Å². The van der Waals surface area contributed by atoms with Crippen LogP contribution in [0.15, 0.2) is 71.5 Å². The Bertz CT molecular complexity index is 1020. The molecule has 0 atom stereocenters. The van der Waals surface area contributed by atoms with Crippen molar-refractivity contribution in [3.05, 3.63) is 78.3 Å². The summed E-state index contributed by atoms with van der Waals surface area (Å²) in [4.78, 5) is 13.3. The molecule has 3 heterocycles. The lowest BCUT2D eigenvalue weighted by molar-refractivity contribution is 0.400. The number of nitrogens with one attached hydrogen (secondary N) is 2. The van der Waals surface area contributed by atoms with Gasteiger partial charge in [0.15, 0.2) is 5.82 Å². The van der Waals surface area contributed by atoms with Crippen molar-refractivity contribution >= 4 is 17.6 Å². The van der Waals surface area contributed by atoms with Crippen LogP contribution >= 0.6 is 0 Å². The zero-order valence-electron chi connectivity index (χ0n) is 14.8. The van der Waals surface area contributed by atoms with Gasteiger partial charge in [-0.3, -0.25) is 4.98 Å². The zero-order chi connectivity index (χ0) is 18.5. The second-order valence-corrected chi connectivity index (χ2v) is 5.99. The lowest BCUT2D eigenvalue weighted by Gasteiger charge is -2.10. The van der Waals surface area contributed by atoms with Crippen molar-refractivity contribution in [2.75, 3.05) is 10.6 Å². The first kappa shape index (κ1) is 16.7. The van der Waals surface area contributed by atoms with Crippen molar-refractivity contribution in [3.8, 4) is 11.3 Å². The van der Waals surface area contributed by atoms with Crippen LogP contribution in [0.25, 0.3) is 11.3 Å². The van der Waals surface area contributed by atoms with Crippen molar-refractivity contribution < 1.29 is 4.52 Å². The SMILES string of the molecule is Cc1cc(Nc2nc(NCc3cccnc3)cc(-c3ccccc3)n2)no1. The highest BCUT2D eigenvalue weighted by Gasteiger charge is 2.09. The van der Waals surface area contributed by atoms with Gasteiger partial charge in [0.1, 0.15) is 11.6 Å². The van der Waals surface area contributed by atoms with E-state index in [1.807, 2.05) is 61.7 Å². The molecule has 0 radical (unpaired) electrons. The molecule has 0 spiro atoms. The van der Waals surface area contributed by atoms with Crippen LogP contribution in [-0.4, -0.2) is 20.1 Å². The Hall–Kier alpha value is -3.74. The fourth-order valence-corrected chi connectivity index (χ4v) is 2.59. The fourth-order valence-electron chi connectivity index (χ4n) is 2.59. The molecule has 0 bridgehead atoms. The number of benzene rings is 1. The van der Waals surface area contributed by atoms with Crippen LogP contribution in [0.2, 0.25) is 0 Å². The second-order valence-electron chi connectivity index (χ2n) is 5.99. The van der Waals surface area contributed by atoms with E-state index in [4.69, 9.17) is 4.52 Å². The van der Waals surface area contributed by atoms with Gasteiger partial charge in [-0.1, -0.05) is 41.6 Å². The van der Waals surface area contributed by atoms with E-state index >= 15 is 0 Å². The van der Waals surface area contributed by atoms with E-state index < -0.39 is 0 Å². The smallest absolute Gasteiger partial charge is 0.231 e. The fraction of sp³-hybridized carbons (Fsp3) is 0.100. The van der Waals surface area contributed by atoms with E-state index in [9.17, 15) is 0 Å². The molecule has 7 nitrogen and oxygen atoms in total. The lowest BCUT2D eigenvalue weighted by atomic mass is 10.1. The average molecular weight is 358 g/mol. The minimum absolute atomic E-state index is 0.443. The summed E-state index contributed by atoms with van der Waals surface area (Å²) < 4.78 is 5.10. The number of aromatic nitrogens is 4. The summed E-state index contributed by atoms with van der Waals surface area (Å²) in [5.41, 5.74) is 2.88. The van der Waals surface area contributed by atoms with Gasteiger partial charge in [-0.2, -0.15) is 4.98 Å². The summed E-state index contributed by atoms with van der Waals surface area (Å²) in [7, 11) is 0.